The van der Waals surface area contributed by atoms with Crippen molar-refractivity contribution in [3.05, 3.63) is 52.3 Å². The highest BCUT2D eigenvalue weighted by molar-refractivity contribution is 9.10. The van der Waals surface area contributed by atoms with Crippen LogP contribution in [-0.4, -0.2) is 9.78 Å². The normalized spacial score (nSPS) is 10.6. The summed E-state index contributed by atoms with van der Waals surface area (Å²) in [6.07, 6.45) is 3.91. The number of rotatable bonds is 4. The summed E-state index contributed by atoms with van der Waals surface area (Å²) in [5, 5.41) is 7.51. The first kappa shape index (κ1) is 11.4. The second-order valence-electron chi connectivity index (χ2n) is 3.75. The van der Waals surface area contributed by atoms with E-state index < -0.39 is 0 Å². The average molecular weight is 280 g/mol. The van der Waals surface area contributed by atoms with Gasteiger partial charge in [0.15, 0.2) is 0 Å². The van der Waals surface area contributed by atoms with E-state index in [4.69, 9.17) is 0 Å². The molecule has 1 aromatic carbocycles. The molecule has 0 radical (unpaired) electrons. The van der Waals surface area contributed by atoms with Crippen LogP contribution in [0.5, 0.6) is 0 Å². The molecule has 0 saturated heterocycles. The van der Waals surface area contributed by atoms with Crippen molar-refractivity contribution in [2.45, 2.75) is 13.1 Å². The zero-order valence-electron chi connectivity index (χ0n) is 9.15. The number of nitrogens with zero attached hydrogens (tertiary/aromatic N) is 2. The summed E-state index contributed by atoms with van der Waals surface area (Å²) in [5.74, 6) is 0. The lowest BCUT2D eigenvalue weighted by Gasteiger charge is -2.03. The molecular formula is C12H14BrN3. The topological polar surface area (TPSA) is 29.9 Å². The molecule has 0 atom stereocenters. The molecule has 1 heterocycles. The van der Waals surface area contributed by atoms with Crippen molar-refractivity contribution in [1.29, 1.82) is 0 Å². The number of benzene rings is 1. The number of aromatic nitrogens is 2. The van der Waals surface area contributed by atoms with Crippen LogP contribution in [0.3, 0.4) is 0 Å². The fraction of sp³-hybridized carbons (Fsp3) is 0.250. The molecule has 0 aliphatic rings. The minimum Gasteiger partial charge on any atom is -0.309 e. The Kier molecular flexibility index (Phi) is 3.74. The molecule has 0 saturated carbocycles. The second kappa shape index (κ2) is 5.27. The van der Waals surface area contributed by atoms with Gasteiger partial charge in [-0.2, -0.15) is 5.10 Å². The van der Waals surface area contributed by atoms with Gasteiger partial charge in [-0.25, -0.2) is 0 Å². The van der Waals surface area contributed by atoms with Crippen molar-refractivity contribution in [3.8, 4) is 0 Å². The van der Waals surface area contributed by atoms with E-state index in [1.165, 1.54) is 11.1 Å². The van der Waals surface area contributed by atoms with Crippen molar-refractivity contribution in [3.63, 3.8) is 0 Å². The Balaban J connectivity index is 1.82. The largest absolute Gasteiger partial charge is 0.309 e. The number of hydrogen-bond acceptors (Lipinski definition) is 2. The summed E-state index contributed by atoms with van der Waals surface area (Å²) in [6, 6.07) is 8.34. The molecule has 1 N–H and O–H groups in total. The van der Waals surface area contributed by atoms with E-state index >= 15 is 0 Å². The SMILES string of the molecule is Cn1cc(CNCc2ccc(Br)cc2)cn1. The summed E-state index contributed by atoms with van der Waals surface area (Å²) < 4.78 is 2.93. The Hall–Kier alpha value is -1.13. The molecule has 2 rings (SSSR count). The van der Waals surface area contributed by atoms with Crippen LogP contribution in [0, 0.1) is 0 Å². The molecule has 1 aromatic heterocycles. The van der Waals surface area contributed by atoms with Gasteiger partial charge in [0.25, 0.3) is 0 Å². The maximum Gasteiger partial charge on any atom is 0.0534 e. The standard InChI is InChI=1S/C12H14BrN3/c1-16-9-11(8-15-16)7-14-6-10-2-4-12(13)5-3-10/h2-5,8-9,14H,6-7H2,1H3. The van der Waals surface area contributed by atoms with E-state index in [9.17, 15) is 0 Å². The third kappa shape index (κ3) is 3.18. The van der Waals surface area contributed by atoms with Crippen LogP contribution in [0.25, 0.3) is 0 Å². The molecule has 0 aliphatic heterocycles. The predicted octanol–water partition coefficient (Wildman–Crippen LogP) is 2.47. The third-order valence-electron chi connectivity index (χ3n) is 2.33. The van der Waals surface area contributed by atoms with Crippen molar-refractivity contribution in [1.82, 2.24) is 15.1 Å². The fourth-order valence-corrected chi connectivity index (χ4v) is 1.78. The second-order valence-corrected chi connectivity index (χ2v) is 4.67. The third-order valence-corrected chi connectivity index (χ3v) is 2.86. The zero-order chi connectivity index (χ0) is 11.4. The van der Waals surface area contributed by atoms with Gasteiger partial charge in [-0.15, -0.1) is 0 Å². The molecule has 2 aromatic rings. The lowest BCUT2D eigenvalue weighted by molar-refractivity contribution is 0.692. The molecule has 0 spiro atoms. The summed E-state index contributed by atoms with van der Waals surface area (Å²) in [4.78, 5) is 0. The monoisotopic (exact) mass is 279 g/mol. The van der Waals surface area contributed by atoms with Crippen LogP contribution >= 0.6 is 15.9 Å². The van der Waals surface area contributed by atoms with Crippen LogP contribution in [0.1, 0.15) is 11.1 Å². The highest BCUT2D eigenvalue weighted by atomic mass is 79.9. The van der Waals surface area contributed by atoms with Gasteiger partial charge in [-0.1, -0.05) is 28.1 Å². The maximum atomic E-state index is 4.12. The van der Waals surface area contributed by atoms with Gasteiger partial charge in [0.05, 0.1) is 6.20 Å². The van der Waals surface area contributed by atoms with E-state index in [1.54, 1.807) is 0 Å². The van der Waals surface area contributed by atoms with E-state index in [-0.39, 0.29) is 0 Å². The number of aryl methyl sites for hydroxylation is 1. The Labute approximate surface area is 104 Å². The first-order chi connectivity index (χ1) is 7.74. The highest BCUT2D eigenvalue weighted by Gasteiger charge is 1.96. The number of hydrogen-bond donors (Lipinski definition) is 1. The molecule has 84 valence electrons. The lowest BCUT2D eigenvalue weighted by atomic mass is 10.2. The quantitative estimate of drug-likeness (QED) is 0.932. The maximum absolute atomic E-state index is 4.12. The lowest BCUT2D eigenvalue weighted by Crippen LogP contribution is -2.12. The Bertz CT molecular complexity index is 448. The van der Waals surface area contributed by atoms with Crippen molar-refractivity contribution >= 4 is 15.9 Å². The summed E-state index contributed by atoms with van der Waals surface area (Å²) >= 11 is 3.42. The Morgan fingerprint density at radius 3 is 2.50 bits per heavy atom. The summed E-state index contributed by atoms with van der Waals surface area (Å²) in [7, 11) is 1.93. The van der Waals surface area contributed by atoms with Crippen LogP contribution in [0.4, 0.5) is 0 Å². The molecule has 0 unspecified atom stereocenters. The summed E-state index contributed by atoms with van der Waals surface area (Å²) in [6.45, 7) is 1.73. The van der Waals surface area contributed by atoms with E-state index in [1.807, 2.05) is 24.1 Å². The number of halogens is 1. The van der Waals surface area contributed by atoms with Gasteiger partial charge in [-0.3, -0.25) is 4.68 Å². The average Bonchev–Trinajstić information content (AvgIpc) is 2.67. The smallest absolute Gasteiger partial charge is 0.0534 e. The molecule has 0 fully saturated rings. The zero-order valence-corrected chi connectivity index (χ0v) is 10.7. The minimum atomic E-state index is 0.851. The van der Waals surface area contributed by atoms with Crippen LogP contribution < -0.4 is 5.32 Å². The van der Waals surface area contributed by atoms with Crippen LogP contribution in [0.2, 0.25) is 0 Å². The molecule has 0 bridgehead atoms. The van der Waals surface area contributed by atoms with Gasteiger partial charge in [0.2, 0.25) is 0 Å². The van der Waals surface area contributed by atoms with Gasteiger partial charge in [-0.05, 0) is 17.7 Å². The molecule has 0 aliphatic carbocycles. The van der Waals surface area contributed by atoms with E-state index in [0.717, 1.165) is 17.6 Å². The first-order valence-corrected chi connectivity index (χ1v) is 5.96. The summed E-state index contributed by atoms with van der Waals surface area (Å²) in [5.41, 5.74) is 2.49. The van der Waals surface area contributed by atoms with Crippen LogP contribution in [0.15, 0.2) is 41.1 Å². The molecule has 3 nitrogen and oxygen atoms in total. The van der Waals surface area contributed by atoms with Gasteiger partial charge in [0.1, 0.15) is 0 Å². The molecule has 4 heteroatoms. The molecular weight excluding hydrogens is 266 g/mol. The molecule has 0 amide bonds. The molecule has 16 heavy (non-hydrogen) atoms. The Morgan fingerprint density at radius 2 is 1.88 bits per heavy atom. The van der Waals surface area contributed by atoms with E-state index in [0.29, 0.717) is 0 Å². The highest BCUT2D eigenvalue weighted by Crippen LogP contribution is 2.10. The van der Waals surface area contributed by atoms with Gasteiger partial charge < -0.3 is 5.32 Å². The predicted molar refractivity (Wildman–Crippen MR) is 67.9 cm³/mol. The van der Waals surface area contributed by atoms with Gasteiger partial charge in [0, 0.05) is 36.4 Å². The Morgan fingerprint density at radius 1 is 1.19 bits per heavy atom. The first-order valence-electron chi connectivity index (χ1n) is 5.17. The van der Waals surface area contributed by atoms with Crippen molar-refractivity contribution in [2.75, 3.05) is 0 Å². The van der Waals surface area contributed by atoms with Crippen molar-refractivity contribution in [2.24, 2.45) is 7.05 Å². The van der Waals surface area contributed by atoms with E-state index in [2.05, 4.69) is 50.6 Å². The number of nitrogens with one attached hydrogen (secondary N) is 1. The van der Waals surface area contributed by atoms with Gasteiger partial charge >= 0.3 is 0 Å². The van der Waals surface area contributed by atoms with Crippen molar-refractivity contribution < 1.29 is 0 Å². The minimum absolute atomic E-state index is 0.851. The fourth-order valence-electron chi connectivity index (χ4n) is 1.52. The van der Waals surface area contributed by atoms with Crippen LogP contribution in [-0.2, 0) is 20.1 Å².